The third kappa shape index (κ3) is 4.47. The van der Waals surface area contributed by atoms with Crippen LogP contribution in [0, 0.1) is 6.92 Å². The van der Waals surface area contributed by atoms with Gasteiger partial charge in [-0.2, -0.15) is 5.10 Å². The molecule has 6 nitrogen and oxygen atoms in total. The van der Waals surface area contributed by atoms with Gasteiger partial charge in [0.1, 0.15) is 11.5 Å². The Morgan fingerprint density at radius 3 is 2.79 bits per heavy atom. The second kappa shape index (κ2) is 8.99. The van der Waals surface area contributed by atoms with E-state index in [1.165, 1.54) is 18.5 Å². The van der Waals surface area contributed by atoms with Gasteiger partial charge in [-0.15, -0.1) is 6.58 Å². The lowest BCUT2D eigenvalue weighted by Gasteiger charge is -2.25. The number of aryl methyl sites for hydroxylation is 1. The van der Waals surface area contributed by atoms with E-state index < -0.39 is 0 Å². The monoisotopic (exact) mass is 396 g/mol. The smallest absolute Gasteiger partial charge is 0.274 e. The lowest BCUT2D eigenvalue weighted by Crippen LogP contribution is -2.36. The van der Waals surface area contributed by atoms with E-state index in [0.29, 0.717) is 24.8 Å². The Hall–Kier alpha value is -2.34. The van der Waals surface area contributed by atoms with Crippen LogP contribution < -0.4 is 5.32 Å². The van der Waals surface area contributed by atoms with Gasteiger partial charge in [0.05, 0.1) is 13.1 Å². The largest absolute Gasteiger partial charge is 0.465 e. The van der Waals surface area contributed by atoms with Crippen LogP contribution in [0.2, 0.25) is 0 Å². The number of allylic oxidation sites excluding steroid dienone is 1. The molecule has 1 fully saturated rings. The molecule has 29 heavy (non-hydrogen) atoms. The van der Waals surface area contributed by atoms with Gasteiger partial charge >= 0.3 is 0 Å². The summed E-state index contributed by atoms with van der Waals surface area (Å²) in [6, 6.07) is 4.34. The molecule has 1 aliphatic carbocycles. The second-order valence-corrected chi connectivity index (χ2v) is 8.28. The molecule has 0 aromatic carbocycles. The Kier molecular flexibility index (Phi) is 6.19. The molecule has 156 valence electrons. The van der Waals surface area contributed by atoms with Crippen molar-refractivity contribution >= 4 is 5.91 Å². The minimum absolute atomic E-state index is 0.105. The van der Waals surface area contributed by atoms with Crippen molar-refractivity contribution in [2.75, 3.05) is 13.1 Å². The van der Waals surface area contributed by atoms with Crippen LogP contribution in [0.1, 0.15) is 65.4 Å². The van der Waals surface area contributed by atoms with Crippen molar-refractivity contribution in [3.05, 3.63) is 53.3 Å². The van der Waals surface area contributed by atoms with Crippen LogP contribution in [-0.4, -0.2) is 39.7 Å². The first-order valence-electron chi connectivity index (χ1n) is 10.9. The van der Waals surface area contributed by atoms with E-state index in [9.17, 15) is 4.79 Å². The van der Waals surface area contributed by atoms with Crippen molar-refractivity contribution in [3.8, 4) is 0 Å². The molecular weight excluding hydrogens is 364 g/mol. The highest BCUT2D eigenvalue weighted by Gasteiger charge is 2.31. The average molecular weight is 397 g/mol. The van der Waals surface area contributed by atoms with Crippen molar-refractivity contribution in [2.45, 2.75) is 71.0 Å². The van der Waals surface area contributed by atoms with Crippen LogP contribution in [0.4, 0.5) is 0 Å². The lowest BCUT2D eigenvalue weighted by molar-refractivity contribution is 0.0753. The van der Waals surface area contributed by atoms with Gasteiger partial charge in [-0.05, 0) is 51.2 Å². The predicted octanol–water partition coefficient (Wildman–Crippen LogP) is 3.63. The standard InChI is InChI=1S/C23H32N4O2/c1-3-12-27-21-11-9-18(24-16-19-10-8-17(2)29-19)15-20(21)22(25-27)23(28)26-13-6-4-5-7-14-26/h3,8,10,18,24H,1,4-7,9,11-16H2,2H3. The molecule has 2 aromatic rings. The SMILES string of the molecule is C=CCn1nc(C(=O)N2CCCCCC2)c2c1CCC(NCc1ccc(C)o1)C2. The fourth-order valence-electron chi connectivity index (χ4n) is 4.56. The minimum Gasteiger partial charge on any atom is -0.465 e. The van der Waals surface area contributed by atoms with Crippen molar-refractivity contribution in [1.29, 1.82) is 0 Å². The minimum atomic E-state index is 0.105. The molecule has 1 amide bonds. The zero-order valence-electron chi connectivity index (χ0n) is 17.5. The molecule has 1 atom stereocenters. The fourth-order valence-corrected chi connectivity index (χ4v) is 4.56. The van der Waals surface area contributed by atoms with Gasteiger partial charge in [-0.25, -0.2) is 0 Å². The first-order valence-corrected chi connectivity index (χ1v) is 10.9. The van der Waals surface area contributed by atoms with Crippen molar-refractivity contribution in [1.82, 2.24) is 20.0 Å². The second-order valence-electron chi connectivity index (χ2n) is 8.28. The first-order chi connectivity index (χ1) is 14.2. The van der Waals surface area contributed by atoms with Crippen molar-refractivity contribution in [2.24, 2.45) is 0 Å². The van der Waals surface area contributed by atoms with Gasteiger partial charge in [-0.3, -0.25) is 9.48 Å². The van der Waals surface area contributed by atoms with Crippen molar-refractivity contribution < 1.29 is 9.21 Å². The number of rotatable bonds is 6. The summed E-state index contributed by atoms with van der Waals surface area (Å²) in [5.41, 5.74) is 2.99. The summed E-state index contributed by atoms with van der Waals surface area (Å²) in [6.07, 6.45) is 9.27. The maximum Gasteiger partial charge on any atom is 0.274 e. The number of likely N-dealkylation sites (tertiary alicyclic amines) is 1. The molecule has 1 aliphatic heterocycles. The molecule has 4 rings (SSSR count). The number of fused-ring (bicyclic) bond motifs is 1. The number of carbonyl (C=O) groups excluding carboxylic acids is 1. The molecule has 0 radical (unpaired) electrons. The summed E-state index contributed by atoms with van der Waals surface area (Å²) in [5.74, 6) is 1.99. The lowest BCUT2D eigenvalue weighted by atomic mass is 9.91. The van der Waals surface area contributed by atoms with E-state index in [1.54, 1.807) is 0 Å². The third-order valence-electron chi connectivity index (χ3n) is 6.11. The van der Waals surface area contributed by atoms with Crippen LogP contribution >= 0.6 is 0 Å². The maximum atomic E-state index is 13.3. The predicted molar refractivity (Wildman–Crippen MR) is 113 cm³/mol. The van der Waals surface area contributed by atoms with Gasteiger partial charge in [0.25, 0.3) is 5.91 Å². The molecule has 3 heterocycles. The quantitative estimate of drug-likeness (QED) is 0.758. The maximum absolute atomic E-state index is 13.3. The van der Waals surface area contributed by atoms with Crippen LogP contribution in [0.5, 0.6) is 0 Å². The van der Waals surface area contributed by atoms with Gasteiger partial charge in [0.15, 0.2) is 5.69 Å². The molecule has 0 spiro atoms. The Morgan fingerprint density at radius 2 is 2.10 bits per heavy atom. The van der Waals surface area contributed by atoms with Crippen LogP contribution in [0.3, 0.4) is 0 Å². The zero-order valence-corrected chi connectivity index (χ0v) is 17.5. The van der Waals surface area contributed by atoms with Gasteiger partial charge in [0, 0.05) is 30.4 Å². The molecule has 1 saturated heterocycles. The Labute approximate surface area is 172 Å². The number of furan rings is 1. The Morgan fingerprint density at radius 1 is 1.31 bits per heavy atom. The number of nitrogens with one attached hydrogen (secondary N) is 1. The molecular formula is C23H32N4O2. The summed E-state index contributed by atoms with van der Waals surface area (Å²) in [7, 11) is 0. The highest BCUT2D eigenvalue weighted by Crippen LogP contribution is 2.27. The number of hydrogen-bond acceptors (Lipinski definition) is 4. The van der Waals surface area contributed by atoms with E-state index in [4.69, 9.17) is 9.52 Å². The first kappa shape index (κ1) is 20.0. The van der Waals surface area contributed by atoms with Crippen LogP contribution in [0.15, 0.2) is 29.2 Å². The number of aromatic nitrogens is 2. The molecule has 0 bridgehead atoms. The van der Waals surface area contributed by atoms with E-state index in [-0.39, 0.29) is 5.91 Å². The van der Waals surface area contributed by atoms with Gasteiger partial charge in [0.2, 0.25) is 0 Å². The van der Waals surface area contributed by atoms with Gasteiger partial charge < -0.3 is 14.6 Å². The molecule has 1 unspecified atom stereocenters. The summed E-state index contributed by atoms with van der Waals surface area (Å²) in [4.78, 5) is 15.3. The van der Waals surface area contributed by atoms with E-state index in [2.05, 4.69) is 11.9 Å². The molecule has 2 aromatic heterocycles. The zero-order chi connectivity index (χ0) is 20.2. The Bertz CT molecular complexity index is 858. The topological polar surface area (TPSA) is 63.3 Å². The van der Waals surface area contributed by atoms with E-state index in [1.807, 2.05) is 34.7 Å². The number of hydrogen-bond donors (Lipinski definition) is 1. The normalized spacial score (nSPS) is 19.6. The highest BCUT2D eigenvalue weighted by atomic mass is 16.3. The molecule has 0 saturated carbocycles. The number of amides is 1. The third-order valence-corrected chi connectivity index (χ3v) is 6.11. The average Bonchev–Trinajstić information content (AvgIpc) is 3.18. The van der Waals surface area contributed by atoms with E-state index >= 15 is 0 Å². The summed E-state index contributed by atoms with van der Waals surface area (Å²) in [6.45, 7) is 8.89. The van der Waals surface area contributed by atoms with Crippen LogP contribution in [-0.2, 0) is 25.9 Å². The van der Waals surface area contributed by atoms with Crippen LogP contribution in [0.25, 0.3) is 0 Å². The molecule has 2 aliphatic rings. The summed E-state index contributed by atoms with van der Waals surface area (Å²) >= 11 is 0. The number of carbonyl (C=O) groups is 1. The van der Waals surface area contributed by atoms with Crippen molar-refractivity contribution in [3.63, 3.8) is 0 Å². The molecule has 1 N–H and O–H groups in total. The fraction of sp³-hybridized carbons (Fsp3) is 0.565. The summed E-state index contributed by atoms with van der Waals surface area (Å²) in [5, 5.41) is 8.36. The van der Waals surface area contributed by atoms with Gasteiger partial charge in [-0.1, -0.05) is 18.9 Å². The highest BCUT2D eigenvalue weighted by molar-refractivity contribution is 5.94. The Balaban J connectivity index is 1.52. The van der Waals surface area contributed by atoms with E-state index in [0.717, 1.165) is 62.3 Å². The molecule has 6 heteroatoms. The summed E-state index contributed by atoms with van der Waals surface area (Å²) < 4.78 is 7.67. The number of nitrogens with zero attached hydrogens (tertiary/aromatic N) is 3.